The quantitative estimate of drug-likeness (QED) is 0.232. The zero-order chi connectivity index (χ0) is 26.6. The van der Waals surface area contributed by atoms with Crippen LogP contribution in [0.1, 0.15) is 42.4 Å². The maximum absolute atomic E-state index is 13.0. The van der Waals surface area contributed by atoms with Crippen LogP contribution in [-0.2, 0) is 11.2 Å². The first-order valence-corrected chi connectivity index (χ1v) is 13.6. The van der Waals surface area contributed by atoms with Crippen molar-refractivity contribution in [2.75, 3.05) is 11.9 Å². The van der Waals surface area contributed by atoms with Crippen molar-refractivity contribution in [3.63, 3.8) is 0 Å². The molecule has 38 heavy (non-hydrogen) atoms. The first kappa shape index (κ1) is 26.2. The Morgan fingerprint density at radius 2 is 1.89 bits per heavy atom. The molecule has 2 atom stereocenters. The van der Waals surface area contributed by atoms with E-state index in [2.05, 4.69) is 27.4 Å². The predicted octanol–water partition coefficient (Wildman–Crippen LogP) is 6.74. The van der Waals surface area contributed by atoms with Gasteiger partial charge in [0.15, 0.2) is 5.11 Å². The van der Waals surface area contributed by atoms with Crippen molar-refractivity contribution in [2.24, 2.45) is 0 Å². The summed E-state index contributed by atoms with van der Waals surface area (Å²) in [4.78, 5) is 19.7. The number of benzene rings is 2. The van der Waals surface area contributed by atoms with Crippen LogP contribution in [0.2, 0.25) is 10.0 Å². The standard InChI is InChI=1S/C29H27Cl2N5OS/c1-2-19-8-3-4-9-22(19)33-26(37)14-17-36-28(27(34-29(36)38)23-10-5-6-15-32-23)25-11-7-16-35(25)24-13-12-20(30)18-21(24)31/h3-13,15-16,18,27-28H,2,14,17H2,1H3,(H,33,37)(H,34,38). The third kappa shape index (κ3) is 5.41. The van der Waals surface area contributed by atoms with Gasteiger partial charge in [0.2, 0.25) is 5.91 Å². The van der Waals surface area contributed by atoms with Crippen LogP contribution in [0, 0.1) is 0 Å². The number of pyridine rings is 1. The fraction of sp³-hybridized carbons (Fsp3) is 0.207. The number of aryl methyl sites for hydroxylation is 1. The zero-order valence-electron chi connectivity index (χ0n) is 20.8. The van der Waals surface area contributed by atoms with Crippen LogP contribution >= 0.6 is 35.4 Å². The Morgan fingerprint density at radius 1 is 1.08 bits per heavy atom. The molecule has 0 radical (unpaired) electrons. The van der Waals surface area contributed by atoms with Gasteiger partial charge in [-0.05, 0) is 72.7 Å². The summed E-state index contributed by atoms with van der Waals surface area (Å²) in [6.07, 6.45) is 4.85. The molecule has 1 aliphatic heterocycles. The zero-order valence-corrected chi connectivity index (χ0v) is 23.1. The molecule has 2 N–H and O–H groups in total. The second-order valence-electron chi connectivity index (χ2n) is 9.03. The minimum Gasteiger partial charge on any atom is -0.352 e. The molecule has 1 saturated heterocycles. The molecular formula is C29H27Cl2N5OS. The van der Waals surface area contributed by atoms with Crippen molar-refractivity contribution in [1.82, 2.24) is 19.8 Å². The van der Waals surface area contributed by atoms with Crippen molar-refractivity contribution in [1.29, 1.82) is 0 Å². The molecule has 1 fully saturated rings. The van der Waals surface area contributed by atoms with E-state index in [1.165, 1.54) is 0 Å². The van der Waals surface area contributed by atoms with Gasteiger partial charge in [0.25, 0.3) is 0 Å². The van der Waals surface area contributed by atoms with Crippen LogP contribution < -0.4 is 10.6 Å². The van der Waals surface area contributed by atoms with E-state index in [-0.39, 0.29) is 24.4 Å². The molecule has 0 spiro atoms. The van der Waals surface area contributed by atoms with Gasteiger partial charge < -0.3 is 20.1 Å². The van der Waals surface area contributed by atoms with Crippen LogP contribution in [0.25, 0.3) is 5.69 Å². The molecule has 0 bridgehead atoms. The summed E-state index contributed by atoms with van der Waals surface area (Å²) >= 11 is 18.6. The Kier molecular flexibility index (Phi) is 7.98. The third-order valence-electron chi connectivity index (χ3n) is 6.70. The topological polar surface area (TPSA) is 62.2 Å². The molecule has 2 aromatic carbocycles. The van der Waals surface area contributed by atoms with Gasteiger partial charge in [-0.2, -0.15) is 0 Å². The van der Waals surface area contributed by atoms with E-state index < -0.39 is 0 Å². The van der Waals surface area contributed by atoms with Gasteiger partial charge in [-0.15, -0.1) is 0 Å². The van der Waals surface area contributed by atoms with E-state index in [0.717, 1.165) is 34.7 Å². The summed E-state index contributed by atoms with van der Waals surface area (Å²) in [5.41, 5.74) is 4.58. The Morgan fingerprint density at radius 3 is 2.66 bits per heavy atom. The maximum Gasteiger partial charge on any atom is 0.226 e. The molecule has 1 amide bonds. The van der Waals surface area contributed by atoms with E-state index in [1.54, 1.807) is 12.3 Å². The third-order valence-corrected chi connectivity index (χ3v) is 7.59. The van der Waals surface area contributed by atoms with Crippen molar-refractivity contribution in [2.45, 2.75) is 31.8 Å². The van der Waals surface area contributed by atoms with Gasteiger partial charge in [-0.3, -0.25) is 9.78 Å². The predicted molar refractivity (Wildman–Crippen MR) is 157 cm³/mol. The number of aromatic nitrogens is 2. The molecule has 1 aliphatic rings. The summed E-state index contributed by atoms with van der Waals surface area (Å²) in [5, 5.41) is 8.20. The molecule has 5 rings (SSSR count). The monoisotopic (exact) mass is 563 g/mol. The van der Waals surface area contributed by atoms with E-state index >= 15 is 0 Å². The molecule has 0 aliphatic carbocycles. The van der Waals surface area contributed by atoms with Gasteiger partial charge in [0.1, 0.15) is 0 Å². The number of hydrogen-bond acceptors (Lipinski definition) is 3. The number of halogens is 2. The van der Waals surface area contributed by atoms with Gasteiger partial charge in [0, 0.05) is 41.8 Å². The van der Waals surface area contributed by atoms with Crippen molar-refractivity contribution >= 4 is 52.1 Å². The molecule has 0 saturated carbocycles. The average Bonchev–Trinajstić information content (AvgIpc) is 3.52. The molecule has 194 valence electrons. The number of thiocarbonyl (C=S) groups is 1. The molecule has 2 aromatic heterocycles. The van der Waals surface area contributed by atoms with Crippen LogP contribution in [0.5, 0.6) is 0 Å². The highest BCUT2D eigenvalue weighted by atomic mass is 35.5. The van der Waals surface area contributed by atoms with Gasteiger partial charge in [0.05, 0.1) is 28.5 Å². The lowest BCUT2D eigenvalue weighted by atomic mass is 10.0. The number of amides is 1. The van der Waals surface area contributed by atoms with Crippen LogP contribution in [0.3, 0.4) is 0 Å². The lowest BCUT2D eigenvalue weighted by Crippen LogP contribution is -2.33. The SMILES string of the molecule is CCc1ccccc1NC(=O)CCN1C(=S)NC(c2ccccn2)C1c1cccn1-c1ccc(Cl)cc1Cl. The largest absolute Gasteiger partial charge is 0.352 e. The first-order valence-electron chi connectivity index (χ1n) is 12.4. The summed E-state index contributed by atoms with van der Waals surface area (Å²) in [6, 6.07) is 22.7. The van der Waals surface area contributed by atoms with Crippen molar-refractivity contribution < 1.29 is 4.79 Å². The van der Waals surface area contributed by atoms with E-state index in [0.29, 0.717) is 21.7 Å². The average molecular weight is 565 g/mol. The second kappa shape index (κ2) is 11.6. The lowest BCUT2D eigenvalue weighted by Gasteiger charge is -2.29. The maximum atomic E-state index is 13.0. The number of nitrogens with zero attached hydrogens (tertiary/aromatic N) is 3. The van der Waals surface area contributed by atoms with Gasteiger partial charge in [-0.25, -0.2) is 0 Å². The minimum absolute atomic E-state index is 0.0649. The van der Waals surface area contributed by atoms with Gasteiger partial charge >= 0.3 is 0 Å². The summed E-state index contributed by atoms with van der Waals surface area (Å²) in [5.74, 6) is -0.0649. The van der Waals surface area contributed by atoms with E-state index in [4.69, 9.17) is 35.4 Å². The van der Waals surface area contributed by atoms with Crippen molar-refractivity contribution in [3.05, 3.63) is 112 Å². The number of nitrogens with one attached hydrogen (secondary N) is 2. The van der Waals surface area contributed by atoms with E-state index in [9.17, 15) is 4.79 Å². The number of para-hydroxylation sites is 1. The molecule has 9 heteroatoms. The number of hydrogen-bond donors (Lipinski definition) is 2. The molecule has 2 unspecified atom stereocenters. The van der Waals surface area contributed by atoms with E-state index in [1.807, 2.05) is 77.5 Å². The lowest BCUT2D eigenvalue weighted by molar-refractivity contribution is -0.116. The summed E-state index contributed by atoms with van der Waals surface area (Å²) in [7, 11) is 0. The smallest absolute Gasteiger partial charge is 0.226 e. The fourth-order valence-electron chi connectivity index (χ4n) is 4.88. The molecule has 3 heterocycles. The molecule has 4 aromatic rings. The van der Waals surface area contributed by atoms with Crippen molar-refractivity contribution in [3.8, 4) is 5.69 Å². The highest BCUT2D eigenvalue weighted by Crippen LogP contribution is 2.40. The van der Waals surface area contributed by atoms with Crippen LogP contribution in [0.15, 0.2) is 85.2 Å². The van der Waals surface area contributed by atoms with Crippen LogP contribution in [-0.4, -0.2) is 32.0 Å². The summed E-state index contributed by atoms with van der Waals surface area (Å²) in [6.45, 7) is 2.50. The summed E-state index contributed by atoms with van der Waals surface area (Å²) < 4.78 is 2.04. The minimum atomic E-state index is -0.227. The number of anilines is 1. The molecular weight excluding hydrogens is 537 g/mol. The Labute approximate surface area is 237 Å². The highest BCUT2D eigenvalue weighted by molar-refractivity contribution is 7.80. The first-order chi connectivity index (χ1) is 18.5. The molecule has 6 nitrogen and oxygen atoms in total. The second-order valence-corrected chi connectivity index (χ2v) is 10.3. The Bertz CT molecular complexity index is 1460. The number of rotatable bonds is 8. The Balaban J connectivity index is 1.45. The normalized spacial score (nSPS) is 16.9. The van der Waals surface area contributed by atoms with Gasteiger partial charge in [-0.1, -0.05) is 54.4 Å². The highest BCUT2D eigenvalue weighted by Gasteiger charge is 2.41. The number of carbonyl (C=O) groups excluding carboxylic acids is 1. The number of carbonyl (C=O) groups is 1. The van der Waals surface area contributed by atoms with Crippen LogP contribution in [0.4, 0.5) is 5.69 Å². The fourth-order valence-corrected chi connectivity index (χ4v) is 5.72. The Hall–Kier alpha value is -3.39.